The molecule has 0 amide bonds. The summed E-state index contributed by atoms with van der Waals surface area (Å²) in [6.45, 7) is -2.16. The summed E-state index contributed by atoms with van der Waals surface area (Å²) in [5.41, 5.74) is 4.16. The van der Waals surface area contributed by atoms with E-state index in [1.165, 1.54) is 4.57 Å². The van der Waals surface area contributed by atoms with Gasteiger partial charge in [0, 0.05) is 19.4 Å². The molecule has 2 saturated heterocycles. The monoisotopic (exact) mass is 919 g/mol. The average Bonchev–Trinajstić information content (AvgIpc) is 3.74. The van der Waals surface area contributed by atoms with Gasteiger partial charge in [-0.05, 0) is 0 Å². The van der Waals surface area contributed by atoms with Crippen molar-refractivity contribution in [1.29, 1.82) is 0 Å². The number of fused-ring (bicyclic) bond motifs is 1. The summed E-state index contributed by atoms with van der Waals surface area (Å²) in [6.07, 6.45) is -13.0. The Labute approximate surface area is 316 Å². The highest BCUT2D eigenvalue weighted by Crippen LogP contribution is 2.63. The Kier molecular flexibility index (Phi) is 13.8. The van der Waals surface area contributed by atoms with E-state index in [1.807, 2.05) is 4.98 Å². The van der Waals surface area contributed by atoms with E-state index in [-0.39, 0.29) is 17.0 Å². The molecule has 30 nitrogen and oxygen atoms in total. The lowest BCUT2D eigenvalue weighted by atomic mass is 10.1. The topological polar surface area (TPSA) is 446 Å². The normalized spacial score (nSPS) is 29.8. The number of phosphoric acid groups is 3. The van der Waals surface area contributed by atoms with Crippen molar-refractivity contribution < 1.29 is 98.8 Å². The molecule has 2 fully saturated rings. The van der Waals surface area contributed by atoms with Gasteiger partial charge in [-0.15, -0.1) is 0 Å². The second-order valence-electron chi connectivity index (χ2n) is 11.9. The Morgan fingerprint density at radius 3 is 2.05 bits per heavy atom. The second-order valence-corrected chi connectivity index (χ2v) is 20.2. The summed E-state index contributed by atoms with van der Waals surface area (Å²) in [4.78, 5) is 95.6. The number of nitrogens with one attached hydrogen (secondary N) is 1. The SMILES string of the molecule is CO[C@@H]1[C@H](OP(=O)(O)OC[C@H]2O[C@@H](n3ccc(=O)[nH]c3=O)[C@H](O)[C@@H]2O)C(COP(=O)(O)OP(=O)(O)CCP(=O)(O)OP(=O)(O)O)O[C@H]1n1cnc2c(N)ncnc21. The van der Waals surface area contributed by atoms with Crippen molar-refractivity contribution in [2.75, 3.05) is 38.4 Å². The fourth-order valence-electron chi connectivity index (χ4n) is 5.43. The van der Waals surface area contributed by atoms with E-state index in [4.69, 9.17) is 43.3 Å². The number of ether oxygens (including phenoxy) is 3. The van der Waals surface area contributed by atoms with Gasteiger partial charge in [0.25, 0.3) is 5.56 Å². The van der Waals surface area contributed by atoms with E-state index >= 15 is 0 Å². The van der Waals surface area contributed by atoms with Gasteiger partial charge in [-0.2, -0.15) is 0 Å². The number of nitrogen functional groups attached to an aromatic ring is 1. The third-order valence-electron chi connectivity index (χ3n) is 7.87. The molecule has 5 rings (SSSR count). The number of nitrogens with two attached hydrogens (primary N) is 1. The Balaban J connectivity index is 1.33. The van der Waals surface area contributed by atoms with Gasteiger partial charge in [-0.3, -0.25) is 41.6 Å². The number of aliphatic hydroxyl groups excluding tert-OH is 2. The molecule has 0 saturated carbocycles. The molecule has 0 aliphatic carbocycles. The van der Waals surface area contributed by atoms with Crippen molar-refractivity contribution >= 4 is 55.6 Å². The molecule has 3 aromatic heterocycles. The summed E-state index contributed by atoms with van der Waals surface area (Å²) in [7, 11) is -26.1. The van der Waals surface area contributed by atoms with Crippen molar-refractivity contribution in [2.45, 2.75) is 49.1 Å². The van der Waals surface area contributed by atoms with E-state index < -0.39 is 125 Å². The molecule has 0 radical (unpaired) electrons. The molecule has 5 heterocycles. The van der Waals surface area contributed by atoms with Crippen molar-refractivity contribution in [1.82, 2.24) is 29.1 Å². The van der Waals surface area contributed by atoms with Crippen LogP contribution in [0.2, 0.25) is 0 Å². The molecule has 2 aliphatic rings. The first-order valence-electron chi connectivity index (χ1n) is 15.5. The number of phosphoric ester groups is 2. The summed E-state index contributed by atoms with van der Waals surface area (Å²) in [6, 6.07) is 0.926. The first kappa shape index (κ1) is 45.6. The van der Waals surface area contributed by atoms with E-state index in [1.54, 1.807) is 0 Å². The third-order valence-corrected chi connectivity index (χ3v) is 15.0. The van der Waals surface area contributed by atoms with Crippen molar-refractivity contribution in [3.8, 4) is 0 Å². The Hall–Kier alpha value is -2.46. The summed E-state index contributed by atoms with van der Waals surface area (Å²) in [5, 5.41) is 21.0. The lowest BCUT2D eigenvalue weighted by Crippen LogP contribution is -2.38. The minimum Gasteiger partial charge on any atom is -0.387 e. The maximum atomic E-state index is 13.4. The summed E-state index contributed by atoms with van der Waals surface area (Å²) < 4.78 is 103. The smallest absolute Gasteiger partial charge is 0.387 e. The molecule has 0 spiro atoms. The van der Waals surface area contributed by atoms with Gasteiger partial charge in [0.05, 0.1) is 31.9 Å². The molecular weight excluding hydrogens is 885 g/mol. The molecule has 12 atom stereocenters. The number of rotatable bonds is 18. The van der Waals surface area contributed by atoms with Crippen LogP contribution in [0.4, 0.5) is 5.82 Å². The van der Waals surface area contributed by atoms with Crippen LogP contribution in [-0.4, -0.2) is 138 Å². The first-order valence-corrected chi connectivity index (χ1v) is 23.5. The van der Waals surface area contributed by atoms with Gasteiger partial charge < -0.3 is 59.5 Å². The number of methoxy groups -OCH3 is 1. The Bertz CT molecular complexity index is 2300. The van der Waals surface area contributed by atoms with Crippen LogP contribution in [0.25, 0.3) is 11.2 Å². The quantitative estimate of drug-likeness (QED) is 0.0595. The summed E-state index contributed by atoms with van der Waals surface area (Å²) in [5.74, 6) is -0.0709. The first-order chi connectivity index (χ1) is 26.3. The number of aromatic amines is 1. The van der Waals surface area contributed by atoms with Crippen molar-refractivity contribution in [3.05, 3.63) is 45.8 Å². The van der Waals surface area contributed by atoms with Gasteiger partial charge in [-0.1, -0.05) is 0 Å². The predicted molar refractivity (Wildman–Crippen MR) is 182 cm³/mol. The number of aliphatic hydroxyl groups is 2. The molecule has 0 aromatic carbocycles. The standard InChI is InChI=1S/C22H34N7O23P5/c1-45-17-16(50-56(41,42)46-6-10-14(31)15(32)20(48-10)28-3-2-12(30)27-22(28)33)11(49-21(17)29-9-26-13-18(23)24-8-25-19(13)29)7-47-57(43,44)52-54(36,37)5-4-53(34,35)51-55(38,39)40/h2-3,8-11,14-17,20-21,31-32H,4-7H2,1H3,(H,34,35)(H,36,37)(H,41,42)(H,43,44)(H2,23,24,25)(H,27,30,33)(H2,38,39,40)/t10-,11?,14-,15-,16-,17-,20-,21-/m1/s1. The van der Waals surface area contributed by atoms with Crippen molar-refractivity contribution in [3.63, 3.8) is 0 Å². The van der Waals surface area contributed by atoms with E-state index in [2.05, 4.69) is 23.6 Å². The molecule has 2 aliphatic heterocycles. The van der Waals surface area contributed by atoms with Crippen LogP contribution in [-0.2, 0) is 59.2 Å². The maximum Gasteiger partial charge on any atom is 0.479 e. The fraction of sp³-hybridized carbons (Fsp3) is 0.591. The number of hydrogen-bond donors (Lipinski definition) is 10. The van der Waals surface area contributed by atoms with Gasteiger partial charge in [0.15, 0.2) is 23.9 Å². The van der Waals surface area contributed by atoms with E-state index in [0.29, 0.717) is 0 Å². The van der Waals surface area contributed by atoms with Gasteiger partial charge in [-0.25, -0.2) is 42.1 Å². The molecule has 57 heavy (non-hydrogen) atoms. The Morgan fingerprint density at radius 1 is 0.807 bits per heavy atom. The van der Waals surface area contributed by atoms with Crippen molar-refractivity contribution in [2.24, 2.45) is 0 Å². The lowest BCUT2D eigenvalue weighted by Gasteiger charge is -2.26. The van der Waals surface area contributed by atoms with Crippen LogP contribution in [0.15, 0.2) is 34.5 Å². The number of nitrogens with zero attached hydrogens (tertiary/aromatic N) is 5. The number of anilines is 1. The fourth-order valence-corrected chi connectivity index (χ4v) is 12.2. The maximum absolute atomic E-state index is 13.4. The molecule has 3 aromatic rings. The Morgan fingerprint density at radius 2 is 1.42 bits per heavy atom. The number of aromatic nitrogens is 6. The number of imidazole rings is 1. The van der Waals surface area contributed by atoms with Crippen LogP contribution in [0.1, 0.15) is 12.5 Å². The molecule has 0 bridgehead atoms. The largest absolute Gasteiger partial charge is 0.479 e. The molecule has 11 N–H and O–H groups in total. The predicted octanol–water partition coefficient (Wildman–Crippen LogP) is -2.39. The third kappa shape index (κ3) is 11.4. The van der Waals surface area contributed by atoms with Crippen LogP contribution < -0.4 is 17.0 Å². The molecule has 320 valence electrons. The van der Waals surface area contributed by atoms with Gasteiger partial charge >= 0.3 is 44.3 Å². The zero-order valence-corrected chi connectivity index (χ0v) is 33.0. The number of hydrogen-bond acceptors (Lipinski definition) is 21. The minimum absolute atomic E-state index is 0.0293. The average molecular weight is 919 g/mol. The second kappa shape index (κ2) is 17.3. The highest BCUT2D eigenvalue weighted by molar-refractivity contribution is 7.66. The minimum atomic E-state index is -5.68. The molecular formula is C22H34N7O23P5. The van der Waals surface area contributed by atoms with Crippen LogP contribution in [0, 0.1) is 0 Å². The highest BCUT2D eigenvalue weighted by atomic mass is 31.3. The van der Waals surface area contributed by atoms with Crippen LogP contribution in [0.5, 0.6) is 0 Å². The lowest BCUT2D eigenvalue weighted by molar-refractivity contribution is -0.0610. The van der Waals surface area contributed by atoms with Gasteiger partial charge in [0.1, 0.15) is 48.5 Å². The molecule has 35 heteroatoms. The van der Waals surface area contributed by atoms with E-state index in [9.17, 15) is 62.2 Å². The highest BCUT2D eigenvalue weighted by Gasteiger charge is 2.52. The summed E-state index contributed by atoms with van der Waals surface area (Å²) >= 11 is 0. The number of H-pyrrole nitrogens is 1. The van der Waals surface area contributed by atoms with Gasteiger partial charge in [0.2, 0.25) is 0 Å². The van der Waals surface area contributed by atoms with Crippen LogP contribution >= 0.6 is 38.7 Å². The molecule has 5 unspecified atom stereocenters. The zero-order chi connectivity index (χ0) is 42.3. The zero-order valence-electron chi connectivity index (χ0n) is 28.5. The van der Waals surface area contributed by atoms with E-state index in [0.717, 1.165) is 36.6 Å². The van der Waals surface area contributed by atoms with Crippen LogP contribution in [0.3, 0.4) is 0 Å².